The molecule has 6 rings (SSSR count). The number of hydrogen-bond acceptors (Lipinski definition) is 10. The lowest BCUT2D eigenvalue weighted by Crippen LogP contribution is -2.57. The molecule has 0 aliphatic carbocycles. The number of phenolic OH excluding ortho intramolecular Hbond substituents is 2. The van der Waals surface area contributed by atoms with Gasteiger partial charge in [0.05, 0.1) is 12.1 Å². The number of likely N-dealkylation sites (tertiary alicyclic amines) is 1. The lowest BCUT2D eigenvalue weighted by atomic mass is 9.85. The highest BCUT2D eigenvalue weighted by molar-refractivity contribution is 7.22. The fourth-order valence-electron chi connectivity index (χ4n) is 8.46. The minimum absolute atomic E-state index is 0.0132. The van der Waals surface area contributed by atoms with Crippen LogP contribution in [0, 0.1) is 17.8 Å². The highest BCUT2D eigenvalue weighted by Gasteiger charge is 2.44. The van der Waals surface area contributed by atoms with Gasteiger partial charge in [0.1, 0.15) is 35.9 Å². The lowest BCUT2D eigenvalue weighted by molar-refractivity contribution is -0.144. The standard InChI is InChI=1S/C54H64N4O8S/c1-7-36-15-17-37(18-16-36)35(3)55-52(64)45-32-42(61)34-58(45)53(65)51(54(4,5)6)56-47(62)14-12-10-9-11-13-29-57(8-2)30-31-66-43-26-21-38(22-27-43)49(63)48-44-28-25-41(60)33-46(44)67-50(48)39-19-23-40(59)24-20-39/h1,15-28,33,35,42,45,51,59-61H,8-14,29-32,34H2,2-6H3,(H,55,64)(H,56,62)/t35-,42+,45-,51?/m0/s1. The predicted octanol–water partition coefficient (Wildman–Crippen LogP) is 8.60. The average Bonchev–Trinajstić information content (AvgIpc) is 3.90. The van der Waals surface area contributed by atoms with Crippen molar-refractivity contribution in [3.8, 4) is 40.0 Å². The van der Waals surface area contributed by atoms with E-state index in [0.29, 0.717) is 29.9 Å². The van der Waals surface area contributed by atoms with E-state index >= 15 is 0 Å². The minimum Gasteiger partial charge on any atom is -0.508 e. The molecule has 2 heterocycles. The number of fused-ring (bicyclic) bond motifs is 1. The highest BCUT2D eigenvalue weighted by Crippen LogP contribution is 2.41. The molecule has 1 aromatic heterocycles. The number of terminal acetylenes is 1. The Bertz CT molecular complexity index is 2520. The predicted molar refractivity (Wildman–Crippen MR) is 264 cm³/mol. The zero-order valence-corrected chi connectivity index (χ0v) is 40.0. The molecule has 5 aromatic rings. The molecule has 0 radical (unpaired) electrons. The Labute approximate surface area is 398 Å². The molecule has 1 aliphatic heterocycles. The molecule has 1 saturated heterocycles. The molecular weight excluding hydrogens is 865 g/mol. The highest BCUT2D eigenvalue weighted by atomic mass is 32.1. The van der Waals surface area contributed by atoms with E-state index in [9.17, 15) is 34.5 Å². The summed E-state index contributed by atoms with van der Waals surface area (Å²) in [4.78, 5) is 59.2. The van der Waals surface area contributed by atoms with Crippen LogP contribution in [0.3, 0.4) is 0 Å². The Morgan fingerprint density at radius 1 is 0.881 bits per heavy atom. The second-order valence-corrected chi connectivity index (χ2v) is 19.5. The smallest absolute Gasteiger partial charge is 0.246 e. The number of aliphatic hydroxyl groups is 1. The first-order valence-electron chi connectivity index (χ1n) is 23.3. The molecular formula is C54H64N4O8S. The maximum atomic E-state index is 14.0. The van der Waals surface area contributed by atoms with Gasteiger partial charge in [0, 0.05) is 57.6 Å². The Kier molecular flexibility index (Phi) is 17.2. The van der Waals surface area contributed by atoms with Crippen LogP contribution in [0.2, 0.25) is 0 Å². The first kappa shape index (κ1) is 50.2. The molecule has 1 aliphatic rings. The summed E-state index contributed by atoms with van der Waals surface area (Å²) in [6.45, 7) is 12.7. The molecule has 1 fully saturated rings. The number of aliphatic hydroxyl groups excluding tert-OH is 1. The number of phenols is 2. The maximum absolute atomic E-state index is 14.0. The number of carbonyl (C=O) groups excluding carboxylic acids is 4. The Morgan fingerprint density at radius 3 is 2.22 bits per heavy atom. The topological polar surface area (TPSA) is 169 Å². The van der Waals surface area contributed by atoms with E-state index in [1.165, 1.54) is 16.2 Å². The van der Waals surface area contributed by atoms with Gasteiger partial charge in [0.2, 0.25) is 17.7 Å². The van der Waals surface area contributed by atoms with Gasteiger partial charge in [-0.25, -0.2) is 0 Å². The number of likely N-dealkylation sites (N-methyl/N-ethyl adjacent to an activating group) is 1. The van der Waals surface area contributed by atoms with E-state index in [1.54, 1.807) is 66.7 Å². The summed E-state index contributed by atoms with van der Waals surface area (Å²) < 4.78 is 6.88. The van der Waals surface area contributed by atoms with Crippen LogP contribution in [-0.4, -0.2) is 99.6 Å². The van der Waals surface area contributed by atoms with Crippen LogP contribution < -0.4 is 15.4 Å². The third-order valence-corrected chi connectivity index (χ3v) is 13.6. The van der Waals surface area contributed by atoms with Crippen molar-refractivity contribution < 1.29 is 39.2 Å². The maximum Gasteiger partial charge on any atom is 0.246 e. The summed E-state index contributed by atoms with van der Waals surface area (Å²) in [5, 5.41) is 37.2. The van der Waals surface area contributed by atoms with Gasteiger partial charge >= 0.3 is 0 Å². The normalized spacial score (nSPS) is 15.8. The molecule has 3 amide bonds. The van der Waals surface area contributed by atoms with Crippen molar-refractivity contribution in [3.63, 3.8) is 0 Å². The minimum atomic E-state index is -0.872. The number of ether oxygens (including phenoxy) is 1. The first-order chi connectivity index (χ1) is 32.1. The molecule has 4 aromatic carbocycles. The number of nitrogens with zero attached hydrogens (tertiary/aromatic N) is 2. The lowest BCUT2D eigenvalue weighted by Gasteiger charge is -2.35. The average molecular weight is 929 g/mol. The monoisotopic (exact) mass is 928 g/mol. The summed E-state index contributed by atoms with van der Waals surface area (Å²) in [5.41, 5.74) is 2.84. The quantitative estimate of drug-likeness (QED) is 0.0275. The van der Waals surface area contributed by atoms with E-state index in [-0.39, 0.29) is 60.4 Å². The van der Waals surface area contributed by atoms with Crippen LogP contribution in [0.25, 0.3) is 20.5 Å². The third kappa shape index (κ3) is 13.2. The molecule has 0 spiro atoms. The SMILES string of the molecule is C#Cc1ccc([C@H](C)NC(=O)[C@@H]2C[C@@H](O)CN2C(=O)C(NC(=O)CCCCCCCN(CC)CCOc2ccc(C(=O)c3c(-c4ccc(O)cc4)sc4cc(O)ccc34)cc2)C(C)(C)C)cc1. The van der Waals surface area contributed by atoms with Crippen molar-refractivity contribution in [1.82, 2.24) is 20.4 Å². The number of rotatable bonds is 21. The van der Waals surface area contributed by atoms with Crippen LogP contribution in [0.15, 0.2) is 91.0 Å². The molecule has 0 bridgehead atoms. The summed E-state index contributed by atoms with van der Waals surface area (Å²) >= 11 is 1.42. The van der Waals surface area contributed by atoms with Crippen molar-refractivity contribution in [3.05, 3.63) is 113 Å². The van der Waals surface area contributed by atoms with Gasteiger partial charge in [-0.1, -0.05) is 65.0 Å². The van der Waals surface area contributed by atoms with E-state index in [2.05, 4.69) is 28.4 Å². The van der Waals surface area contributed by atoms with Gasteiger partial charge in [0.25, 0.3) is 0 Å². The number of aromatic hydroxyl groups is 2. The first-order valence-corrected chi connectivity index (χ1v) is 24.1. The Balaban J connectivity index is 0.903. The molecule has 1 unspecified atom stereocenters. The van der Waals surface area contributed by atoms with Gasteiger partial charge in [-0.3, -0.25) is 19.2 Å². The van der Waals surface area contributed by atoms with Crippen molar-refractivity contribution in [2.45, 2.75) is 104 Å². The Hall–Kier alpha value is -6.20. The number of unbranched alkanes of at least 4 members (excludes halogenated alkanes) is 4. The van der Waals surface area contributed by atoms with Crippen LogP contribution in [0.5, 0.6) is 17.2 Å². The van der Waals surface area contributed by atoms with E-state index < -0.39 is 23.6 Å². The van der Waals surface area contributed by atoms with Crippen LogP contribution >= 0.6 is 11.3 Å². The summed E-state index contributed by atoms with van der Waals surface area (Å²) in [6, 6.07) is 24.2. The van der Waals surface area contributed by atoms with Gasteiger partial charge in [0.15, 0.2) is 5.78 Å². The molecule has 13 heteroatoms. The van der Waals surface area contributed by atoms with Crippen LogP contribution in [-0.2, 0) is 14.4 Å². The number of hydrogen-bond donors (Lipinski definition) is 5. The molecule has 354 valence electrons. The van der Waals surface area contributed by atoms with E-state index in [4.69, 9.17) is 11.2 Å². The summed E-state index contributed by atoms with van der Waals surface area (Å²) in [6.07, 6.45) is 9.59. The second-order valence-electron chi connectivity index (χ2n) is 18.4. The summed E-state index contributed by atoms with van der Waals surface area (Å²) in [7, 11) is 0. The fourth-order valence-corrected chi connectivity index (χ4v) is 9.70. The van der Waals surface area contributed by atoms with Gasteiger partial charge < -0.3 is 40.5 Å². The molecule has 12 nitrogen and oxygen atoms in total. The number of carbonyl (C=O) groups is 4. The van der Waals surface area contributed by atoms with Gasteiger partial charge in [-0.05, 0) is 128 Å². The molecule has 0 saturated carbocycles. The number of ketones is 1. The van der Waals surface area contributed by atoms with E-state index in [1.807, 2.05) is 52.0 Å². The zero-order chi connectivity index (χ0) is 48.3. The van der Waals surface area contributed by atoms with Crippen LogP contribution in [0.4, 0.5) is 0 Å². The fraction of sp³-hybridized carbons (Fsp3) is 0.407. The number of nitrogens with one attached hydrogen (secondary N) is 2. The van der Waals surface area contributed by atoms with Crippen LogP contribution in [0.1, 0.15) is 113 Å². The number of benzene rings is 4. The number of thiophene rings is 1. The van der Waals surface area contributed by atoms with Crippen molar-refractivity contribution in [2.75, 3.05) is 32.8 Å². The van der Waals surface area contributed by atoms with Crippen molar-refractivity contribution in [1.29, 1.82) is 0 Å². The molecule has 5 N–H and O–H groups in total. The molecule has 67 heavy (non-hydrogen) atoms. The third-order valence-electron chi connectivity index (χ3n) is 12.4. The zero-order valence-electron chi connectivity index (χ0n) is 39.2. The van der Waals surface area contributed by atoms with E-state index in [0.717, 1.165) is 77.0 Å². The van der Waals surface area contributed by atoms with Crippen molar-refractivity contribution in [2.24, 2.45) is 5.41 Å². The second kappa shape index (κ2) is 23.0. The van der Waals surface area contributed by atoms with Gasteiger partial charge in [-0.2, -0.15) is 0 Å². The van der Waals surface area contributed by atoms with Crippen molar-refractivity contribution >= 4 is 44.9 Å². The number of amides is 3. The van der Waals surface area contributed by atoms with Gasteiger partial charge in [-0.15, -0.1) is 17.8 Å². The molecule has 4 atom stereocenters. The number of β-amino-alcohol motifs (C(OH)–C–C–N with tert-alkyl or cyclic N) is 1. The summed E-state index contributed by atoms with van der Waals surface area (Å²) in [5.74, 6) is 2.43. The Morgan fingerprint density at radius 2 is 1.55 bits per heavy atom. The largest absolute Gasteiger partial charge is 0.508 e.